The van der Waals surface area contributed by atoms with Crippen molar-refractivity contribution in [2.45, 2.75) is 59.7 Å². The van der Waals surface area contributed by atoms with Crippen LogP contribution in [0.1, 0.15) is 52.0 Å². The summed E-state index contributed by atoms with van der Waals surface area (Å²) in [7, 11) is 0. The van der Waals surface area contributed by atoms with Crippen LogP contribution in [0, 0.1) is 24.5 Å². The molecule has 2 saturated heterocycles. The van der Waals surface area contributed by atoms with E-state index in [4.69, 9.17) is 4.74 Å². The molecule has 0 bridgehead atoms. The van der Waals surface area contributed by atoms with E-state index in [0.29, 0.717) is 28.6 Å². The molecular weight excluding hydrogens is 604 g/mol. The molecule has 0 spiro atoms. The number of aromatic nitrogens is 5. The van der Waals surface area contributed by atoms with Gasteiger partial charge < -0.3 is 24.4 Å². The number of anilines is 2. The number of ether oxygens (including phenoxy) is 1. The summed E-state index contributed by atoms with van der Waals surface area (Å²) in [4.78, 5) is 36.2. The molecule has 13 heteroatoms. The van der Waals surface area contributed by atoms with Crippen LogP contribution in [0.15, 0.2) is 36.7 Å². The van der Waals surface area contributed by atoms with Gasteiger partial charge in [0.2, 0.25) is 5.95 Å². The number of likely N-dealkylation sites (tertiary alicyclic amines) is 1. The van der Waals surface area contributed by atoms with Crippen molar-refractivity contribution >= 4 is 28.9 Å². The summed E-state index contributed by atoms with van der Waals surface area (Å²) < 4.78 is 37.4. The molecule has 0 saturated carbocycles. The lowest BCUT2D eigenvalue weighted by atomic mass is 10.00. The van der Waals surface area contributed by atoms with Gasteiger partial charge in [0.15, 0.2) is 11.6 Å². The Hall–Kier alpha value is -4.23. The van der Waals surface area contributed by atoms with Crippen molar-refractivity contribution in [1.29, 1.82) is 0 Å². The maximum Gasteiger partial charge on any atom is 0.410 e. The second kappa shape index (κ2) is 13.1. The van der Waals surface area contributed by atoms with Crippen LogP contribution < -0.4 is 5.32 Å². The zero-order valence-corrected chi connectivity index (χ0v) is 27.9. The van der Waals surface area contributed by atoms with Gasteiger partial charge in [-0.1, -0.05) is 6.07 Å². The Morgan fingerprint density at radius 1 is 1.00 bits per heavy atom. The highest BCUT2D eigenvalue weighted by molar-refractivity contribution is 5.83. The van der Waals surface area contributed by atoms with Crippen LogP contribution >= 0.6 is 0 Å². The van der Waals surface area contributed by atoms with E-state index in [1.165, 1.54) is 6.07 Å². The molecule has 1 aromatic carbocycles. The van der Waals surface area contributed by atoms with Crippen molar-refractivity contribution in [3.05, 3.63) is 59.7 Å². The average molecular weight is 648 g/mol. The lowest BCUT2D eigenvalue weighted by molar-refractivity contribution is -0.00924. The monoisotopic (exact) mass is 647 g/mol. The van der Waals surface area contributed by atoms with E-state index in [9.17, 15) is 9.18 Å². The summed E-state index contributed by atoms with van der Waals surface area (Å²) in [5.74, 6) is 0.673. The third-order valence-electron chi connectivity index (χ3n) is 8.52. The molecule has 6 rings (SSSR count). The number of amides is 1. The molecule has 2 aliphatic rings. The Morgan fingerprint density at radius 2 is 1.72 bits per heavy atom. The summed E-state index contributed by atoms with van der Waals surface area (Å²) in [5, 5.41) is 3.05. The summed E-state index contributed by atoms with van der Waals surface area (Å²) in [6.07, 6.45) is 2.67. The molecule has 11 nitrogen and oxygen atoms in total. The van der Waals surface area contributed by atoms with Crippen molar-refractivity contribution in [2.75, 3.05) is 51.1 Å². The second-order valence-corrected chi connectivity index (χ2v) is 13.8. The number of carbonyl (C=O) groups is 1. The van der Waals surface area contributed by atoms with Crippen molar-refractivity contribution in [1.82, 2.24) is 39.2 Å². The summed E-state index contributed by atoms with van der Waals surface area (Å²) in [6, 6.07) is 6.88. The topological polar surface area (TPSA) is 105 Å². The number of carbonyl (C=O) groups excluding carboxylic acids is 1. The van der Waals surface area contributed by atoms with Gasteiger partial charge >= 0.3 is 6.09 Å². The SMILES string of the molecule is Cc1nc2c(F)cc(-c3nc(Nc4ccc(CN5CCN(CC6CN(C(=O)OC(C)(C)C)C6)CC5)cn4)ncc3F)cc2n1C(C)C. The van der Waals surface area contributed by atoms with Crippen molar-refractivity contribution in [2.24, 2.45) is 5.92 Å². The first kappa shape index (κ1) is 32.7. The van der Waals surface area contributed by atoms with Crippen LogP contribution in [0.5, 0.6) is 0 Å². The fourth-order valence-corrected chi connectivity index (χ4v) is 6.31. The smallest absolute Gasteiger partial charge is 0.410 e. The normalized spacial score (nSPS) is 16.6. The standard InChI is InChI=1S/C34H43F2N9O2/c1-21(2)45-22(3)39-31-26(35)13-25(14-28(31)45)30-27(36)16-38-32(41-30)40-29-8-7-23(15-37-29)17-42-9-11-43(12-10-42)18-24-19-44(20-24)33(46)47-34(4,5)6/h7-8,13-16,21,24H,9-12,17-20H2,1-6H3,(H,37,38,40,41). The Labute approximate surface area is 274 Å². The van der Waals surface area contributed by atoms with Gasteiger partial charge in [-0.15, -0.1) is 0 Å². The summed E-state index contributed by atoms with van der Waals surface area (Å²) >= 11 is 0. The number of nitrogens with one attached hydrogen (secondary N) is 1. The van der Waals surface area contributed by atoms with Gasteiger partial charge in [0.05, 0.1) is 11.7 Å². The number of fused-ring (bicyclic) bond motifs is 1. The van der Waals surface area contributed by atoms with Gasteiger partial charge in [0, 0.05) is 76.1 Å². The average Bonchev–Trinajstić information content (AvgIpc) is 3.33. The highest BCUT2D eigenvalue weighted by Crippen LogP contribution is 2.30. The van der Waals surface area contributed by atoms with Crippen LogP contribution in [-0.2, 0) is 11.3 Å². The fourth-order valence-electron chi connectivity index (χ4n) is 6.31. The van der Waals surface area contributed by atoms with E-state index >= 15 is 4.39 Å². The van der Waals surface area contributed by atoms with Crippen LogP contribution in [0.4, 0.5) is 25.3 Å². The number of benzene rings is 1. The molecule has 0 unspecified atom stereocenters. The molecule has 0 radical (unpaired) electrons. The molecule has 3 aromatic heterocycles. The minimum atomic E-state index is -0.652. The van der Waals surface area contributed by atoms with Crippen LogP contribution in [-0.4, -0.2) is 96.7 Å². The molecule has 0 atom stereocenters. The van der Waals surface area contributed by atoms with E-state index in [-0.39, 0.29) is 29.3 Å². The number of hydrogen-bond donors (Lipinski definition) is 1. The zero-order valence-electron chi connectivity index (χ0n) is 27.9. The number of pyridine rings is 1. The number of halogens is 2. The first-order chi connectivity index (χ1) is 22.3. The largest absolute Gasteiger partial charge is 0.444 e. The maximum absolute atomic E-state index is 15.1. The first-order valence-corrected chi connectivity index (χ1v) is 16.2. The Kier molecular flexibility index (Phi) is 9.12. The molecule has 1 N–H and O–H groups in total. The quantitative estimate of drug-likeness (QED) is 0.255. The third kappa shape index (κ3) is 7.51. The van der Waals surface area contributed by atoms with Crippen LogP contribution in [0.3, 0.4) is 0 Å². The number of nitrogens with zero attached hydrogens (tertiary/aromatic N) is 8. The van der Waals surface area contributed by atoms with Crippen molar-refractivity contribution in [3.63, 3.8) is 0 Å². The summed E-state index contributed by atoms with van der Waals surface area (Å²) in [6.45, 7) is 18.6. The van der Waals surface area contributed by atoms with E-state index in [1.807, 2.05) is 64.4 Å². The number of piperazine rings is 1. The summed E-state index contributed by atoms with van der Waals surface area (Å²) in [5.41, 5.74) is 1.75. The second-order valence-electron chi connectivity index (χ2n) is 13.8. The van der Waals surface area contributed by atoms with E-state index < -0.39 is 17.2 Å². The molecule has 47 heavy (non-hydrogen) atoms. The fraction of sp³-hybridized carbons (Fsp3) is 0.500. The van der Waals surface area contributed by atoms with Crippen molar-refractivity contribution in [3.8, 4) is 11.3 Å². The molecule has 1 amide bonds. The minimum Gasteiger partial charge on any atom is -0.444 e. The predicted molar refractivity (Wildman–Crippen MR) is 176 cm³/mol. The maximum atomic E-state index is 15.1. The third-order valence-corrected chi connectivity index (χ3v) is 8.52. The van der Waals surface area contributed by atoms with E-state index in [2.05, 4.69) is 35.1 Å². The lowest BCUT2D eigenvalue weighted by Gasteiger charge is -2.43. The molecule has 250 valence electrons. The van der Waals surface area contributed by atoms with E-state index in [1.54, 1.807) is 11.0 Å². The number of imidazole rings is 1. The van der Waals surface area contributed by atoms with Crippen LogP contribution in [0.25, 0.3) is 22.3 Å². The minimum absolute atomic E-state index is 0.00843. The lowest BCUT2D eigenvalue weighted by Crippen LogP contribution is -2.56. The van der Waals surface area contributed by atoms with E-state index in [0.717, 1.165) is 64.1 Å². The molecule has 2 fully saturated rings. The number of rotatable bonds is 8. The highest BCUT2D eigenvalue weighted by Gasteiger charge is 2.35. The number of hydrogen-bond acceptors (Lipinski definition) is 9. The van der Waals surface area contributed by atoms with Gasteiger partial charge in [0.25, 0.3) is 0 Å². The van der Waals surface area contributed by atoms with Gasteiger partial charge in [-0.05, 0) is 65.3 Å². The predicted octanol–water partition coefficient (Wildman–Crippen LogP) is 5.78. The zero-order chi connectivity index (χ0) is 33.5. The van der Waals surface area contributed by atoms with Crippen molar-refractivity contribution < 1.29 is 18.3 Å². The Bertz CT molecular complexity index is 1740. The van der Waals surface area contributed by atoms with Gasteiger partial charge in [0.1, 0.15) is 28.5 Å². The van der Waals surface area contributed by atoms with Gasteiger partial charge in [-0.2, -0.15) is 0 Å². The number of aryl methyl sites for hydroxylation is 1. The van der Waals surface area contributed by atoms with Gasteiger partial charge in [-0.25, -0.2) is 33.5 Å². The van der Waals surface area contributed by atoms with Crippen LogP contribution in [0.2, 0.25) is 0 Å². The molecule has 2 aliphatic heterocycles. The Balaban J connectivity index is 1.02. The highest BCUT2D eigenvalue weighted by atomic mass is 19.1. The van der Waals surface area contributed by atoms with Gasteiger partial charge in [-0.3, -0.25) is 4.90 Å². The molecule has 5 heterocycles. The Morgan fingerprint density at radius 3 is 2.38 bits per heavy atom. The molecule has 4 aromatic rings. The first-order valence-electron chi connectivity index (χ1n) is 16.2. The molecule has 0 aliphatic carbocycles. The molecular formula is C34H43F2N9O2.